The van der Waals surface area contributed by atoms with E-state index in [1.54, 1.807) is 51.0 Å². The number of furan rings is 1. The van der Waals surface area contributed by atoms with E-state index < -0.39 is 0 Å². The van der Waals surface area contributed by atoms with Crippen LogP contribution >= 0.6 is 11.6 Å². The topological polar surface area (TPSA) is 73.3 Å². The van der Waals surface area contributed by atoms with Gasteiger partial charge in [-0.15, -0.1) is 0 Å². The van der Waals surface area contributed by atoms with E-state index >= 15 is 0 Å². The Balaban J connectivity index is 1.55. The number of pyridine rings is 1. The number of aryl methyl sites for hydroxylation is 1. The highest BCUT2D eigenvalue weighted by molar-refractivity contribution is 6.31. The molecule has 8 heteroatoms. The molecule has 7 nitrogen and oxygen atoms in total. The average molecular weight is 437 g/mol. The summed E-state index contributed by atoms with van der Waals surface area (Å²) in [7, 11) is 0. The molecule has 4 aromatic rings. The van der Waals surface area contributed by atoms with Gasteiger partial charge in [0.25, 0.3) is 11.5 Å². The minimum atomic E-state index is -0.248. The molecule has 5 rings (SSSR count). The van der Waals surface area contributed by atoms with Crippen LogP contribution in [0.5, 0.6) is 0 Å². The number of imidazole rings is 1. The van der Waals surface area contributed by atoms with Crippen molar-refractivity contribution in [3.05, 3.63) is 81.4 Å². The minimum absolute atomic E-state index is 0.184. The lowest BCUT2D eigenvalue weighted by atomic mass is 10.0. The lowest BCUT2D eigenvalue weighted by Gasteiger charge is -2.39. The van der Waals surface area contributed by atoms with Crippen LogP contribution in [-0.4, -0.2) is 31.0 Å². The summed E-state index contributed by atoms with van der Waals surface area (Å²) >= 11 is 6.18. The Kier molecular flexibility index (Phi) is 4.51. The first kappa shape index (κ1) is 19.6. The molecule has 0 N–H and O–H groups in total. The fourth-order valence-electron chi connectivity index (χ4n) is 4.42. The molecule has 2 unspecified atom stereocenters. The summed E-state index contributed by atoms with van der Waals surface area (Å²) in [6.45, 7) is 6.19. The molecular weight excluding hydrogens is 416 g/mol. The molecule has 1 aliphatic heterocycles. The second-order valence-corrected chi connectivity index (χ2v) is 8.45. The van der Waals surface area contributed by atoms with Gasteiger partial charge >= 0.3 is 0 Å². The van der Waals surface area contributed by atoms with Crippen LogP contribution in [0.4, 0.5) is 0 Å². The van der Waals surface area contributed by atoms with E-state index in [2.05, 4.69) is 4.98 Å². The second-order valence-electron chi connectivity index (χ2n) is 8.01. The first-order valence-electron chi connectivity index (χ1n) is 10.1. The summed E-state index contributed by atoms with van der Waals surface area (Å²) in [4.78, 5) is 32.6. The van der Waals surface area contributed by atoms with Gasteiger partial charge in [-0.3, -0.25) is 9.59 Å². The van der Waals surface area contributed by atoms with Crippen molar-refractivity contribution in [3.63, 3.8) is 0 Å². The van der Waals surface area contributed by atoms with Gasteiger partial charge in [0.1, 0.15) is 17.0 Å². The first-order valence-corrected chi connectivity index (χ1v) is 10.5. The molecule has 0 spiro atoms. The molecule has 0 saturated heterocycles. The standard InChI is InChI=1S/C23H21ClN4O3/c1-13-9-26(12-25-13)19-5-6-20-23(30)28(14(2)10-27(20)22(19)29)15(3)18-11-31-21-7-4-16(24)8-17(18)21/h4-9,11-12,14-15H,10H2,1-3H3. The minimum Gasteiger partial charge on any atom is -0.464 e. The Morgan fingerprint density at radius 1 is 1.23 bits per heavy atom. The van der Waals surface area contributed by atoms with Crippen molar-refractivity contribution in [3.8, 4) is 5.69 Å². The van der Waals surface area contributed by atoms with Gasteiger partial charge < -0.3 is 18.5 Å². The van der Waals surface area contributed by atoms with Gasteiger partial charge in [0.2, 0.25) is 0 Å². The van der Waals surface area contributed by atoms with E-state index in [-0.39, 0.29) is 23.6 Å². The van der Waals surface area contributed by atoms with Crippen LogP contribution in [0.3, 0.4) is 0 Å². The van der Waals surface area contributed by atoms with E-state index in [0.717, 1.165) is 22.2 Å². The zero-order valence-electron chi connectivity index (χ0n) is 17.4. The quantitative estimate of drug-likeness (QED) is 0.478. The van der Waals surface area contributed by atoms with Crippen LogP contribution in [0, 0.1) is 6.92 Å². The number of benzene rings is 1. The second kappa shape index (κ2) is 7.13. The molecular formula is C23H21ClN4O3. The number of fused-ring (bicyclic) bond motifs is 2. The molecule has 0 bridgehead atoms. The largest absolute Gasteiger partial charge is 0.464 e. The lowest BCUT2D eigenvalue weighted by molar-refractivity contribution is 0.0511. The van der Waals surface area contributed by atoms with Crippen molar-refractivity contribution >= 4 is 28.5 Å². The monoisotopic (exact) mass is 436 g/mol. The van der Waals surface area contributed by atoms with Crippen LogP contribution in [0.2, 0.25) is 5.02 Å². The Labute approximate surface area is 183 Å². The molecule has 1 aromatic carbocycles. The summed E-state index contributed by atoms with van der Waals surface area (Å²) in [5.74, 6) is -0.187. The summed E-state index contributed by atoms with van der Waals surface area (Å²) in [5, 5.41) is 1.49. The SMILES string of the molecule is Cc1cn(-c2ccc3n(c2=O)CC(C)N(C(C)c2coc4ccc(Cl)cc24)C3=O)cn1. The number of amides is 1. The number of halogens is 1. The van der Waals surface area contributed by atoms with Crippen LogP contribution in [0.25, 0.3) is 16.7 Å². The van der Waals surface area contributed by atoms with Crippen molar-refractivity contribution in [1.29, 1.82) is 0 Å². The molecule has 31 heavy (non-hydrogen) atoms. The van der Waals surface area contributed by atoms with Gasteiger partial charge in [0, 0.05) is 34.8 Å². The smallest absolute Gasteiger partial charge is 0.275 e. The summed E-state index contributed by atoms with van der Waals surface area (Å²) in [6, 6.07) is 8.41. The lowest BCUT2D eigenvalue weighted by Crippen LogP contribution is -2.50. The third kappa shape index (κ3) is 3.08. The molecule has 4 heterocycles. The van der Waals surface area contributed by atoms with Crippen molar-refractivity contribution in [2.24, 2.45) is 0 Å². The molecule has 0 fully saturated rings. The van der Waals surface area contributed by atoms with Gasteiger partial charge in [0.15, 0.2) is 0 Å². The fourth-order valence-corrected chi connectivity index (χ4v) is 4.59. The highest BCUT2D eigenvalue weighted by atomic mass is 35.5. The Hall–Kier alpha value is -3.32. The molecule has 0 aliphatic carbocycles. The number of rotatable bonds is 3. The maximum absolute atomic E-state index is 13.5. The van der Waals surface area contributed by atoms with Crippen molar-refractivity contribution in [1.82, 2.24) is 19.0 Å². The highest BCUT2D eigenvalue weighted by Gasteiger charge is 2.35. The predicted octanol–water partition coefficient (Wildman–Crippen LogP) is 4.35. The van der Waals surface area contributed by atoms with Gasteiger partial charge in [0.05, 0.1) is 24.3 Å². The maximum Gasteiger partial charge on any atom is 0.275 e. The highest BCUT2D eigenvalue weighted by Crippen LogP contribution is 2.34. The predicted molar refractivity (Wildman–Crippen MR) is 118 cm³/mol. The number of nitrogens with zero attached hydrogens (tertiary/aromatic N) is 4. The summed E-state index contributed by atoms with van der Waals surface area (Å²) in [5.41, 5.74) is 3.07. The summed E-state index contributed by atoms with van der Waals surface area (Å²) in [6.07, 6.45) is 5.08. The Morgan fingerprint density at radius 3 is 2.77 bits per heavy atom. The van der Waals surface area contributed by atoms with Gasteiger partial charge in [-0.05, 0) is 51.1 Å². The van der Waals surface area contributed by atoms with Crippen LogP contribution in [0.1, 0.15) is 41.6 Å². The number of aromatic nitrogens is 3. The molecule has 0 saturated carbocycles. The summed E-state index contributed by atoms with van der Waals surface area (Å²) < 4.78 is 8.93. The molecule has 1 amide bonds. The van der Waals surface area contributed by atoms with Crippen LogP contribution in [-0.2, 0) is 6.54 Å². The molecule has 1 aliphatic rings. The maximum atomic E-state index is 13.5. The van der Waals surface area contributed by atoms with Crippen molar-refractivity contribution in [2.75, 3.05) is 0 Å². The number of carbonyl (C=O) groups excluding carboxylic acids is 1. The molecule has 2 atom stereocenters. The molecule has 0 radical (unpaired) electrons. The molecule has 3 aromatic heterocycles. The number of carbonyl (C=O) groups is 1. The van der Waals surface area contributed by atoms with Gasteiger partial charge in [-0.2, -0.15) is 0 Å². The van der Waals surface area contributed by atoms with Crippen molar-refractivity contribution in [2.45, 2.75) is 39.4 Å². The van der Waals surface area contributed by atoms with Crippen molar-refractivity contribution < 1.29 is 9.21 Å². The fraction of sp³-hybridized carbons (Fsp3) is 0.261. The zero-order valence-corrected chi connectivity index (χ0v) is 18.1. The van der Waals surface area contributed by atoms with E-state index in [1.807, 2.05) is 32.9 Å². The van der Waals surface area contributed by atoms with E-state index in [0.29, 0.717) is 22.9 Å². The first-order chi connectivity index (χ1) is 14.8. The normalized spacial score (nSPS) is 17.2. The van der Waals surface area contributed by atoms with Crippen LogP contribution < -0.4 is 5.56 Å². The third-order valence-corrected chi connectivity index (χ3v) is 6.19. The van der Waals surface area contributed by atoms with Gasteiger partial charge in [-0.1, -0.05) is 11.6 Å². The van der Waals surface area contributed by atoms with E-state index in [9.17, 15) is 9.59 Å². The van der Waals surface area contributed by atoms with E-state index in [1.165, 1.54) is 0 Å². The Bertz CT molecular complexity index is 1380. The van der Waals surface area contributed by atoms with E-state index in [4.69, 9.17) is 16.0 Å². The number of hydrogen-bond donors (Lipinski definition) is 0. The molecule has 158 valence electrons. The Morgan fingerprint density at radius 2 is 2.03 bits per heavy atom. The van der Waals surface area contributed by atoms with Crippen LogP contribution in [0.15, 0.2) is 58.3 Å². The average Bonchev–Trinajstić information content (AvgIpc) is 3.34. The number of hydrogen-bond acceptors (Lipinski definition) is 4. The van der Waals surface area contributed by atoms with Gasteiger partial charge in [-0.25, -0.2) is 4.98 Å². The zero-order chi connectivity index (χ0) is 21.9. The third-order valence-electron chi connectivity index (χ3n) is 5.95.